The van der Waals surface area contributed by atoms with Crippen LogP contribution in [-0.2, 0) is 0 Å². The van der Waals surface area contributed by atoms with Crippen LogP contribution >= 0.6 is 0 Å². The zero-order valence-electron chi connectivity index (χ0n) is 16.0. The van der Waals surface area contributed by atoms with Crippen molar-refractivity contribution in [3.63, 3.8) is 0 Å². The molecule has 0 aliphatic carbocycles. The third-order valence-corrected chi connectivity index (χ3v) is 4.99. The first kappa shape index (κ1) is 18.2. The number of anilines is 2. The lowest BCUT2D eigenvalue weighted by atomic mass is 10.0. The highest BCUT2D eigenvalue weighted by Crippen LogP contribution is 2.29. The first-order chi connectivity index (χ1) is 13.8. The predicted molar refractivity (Wildman–Crippen MR) is 111 cm³/mol. The van der Waals surface area contributed by atoms with Crippen LogP contribution in [0.5, 0.6) is 5.75 Å². The largest absolute Gasteiger partial charge is 0.493 e. The van der Waals surface area contributed by atoms with Gasteiger partial charge in [-0.2, -0.15) is 0 Å². The molecule has 3 aromatic rings. The predicted octanol–water partition coefficient (Wildman–Crippen LogP) is 4.27. The van der Waals surface area contributed by atoms with E-state index in [1.54, 1.807) is 0 Å². The van der Waals surface area contributed by atoms with Gasteiger partial charge in [0.15, 0.2) is 0 Å². The standard InChI is InChI=1S/C22H24N4O2/c1-2-28-18-11-10-16-8-4-5-9-17(16)21(18)22(27)25-19-14-20(24-15-23-19)26-12-6-3-7-13-26/h4-5,8-11,14-15H,2-3,6-7,12-13H2,1H3,(H,23,24,25,27). The Hall–Kier alpha value is -3.15. The maximum absolute atomic E-state index is 13.1. The highest BCUT2D eigenvalue weighted by Gasteiger charge is 2.18. The normalized spacial score (nSPS) is 14.1. The van der Waals surface area contributed by atoms with Crippen molar-refractivity contribution in [3.8, 4) is 5.75 Å². The van der Waals surface area contributed by atoms with E-state index in [2.05, 4.69) is 20.2 Å². The lowest BCUT2D eigenvalue weighted by molar-refractivity contribution is 0.102. The number of nitrogens with zero attached hydrogens (tertiary/aromatic N) is 3. The zero-order chi connectivity index (χ0) is 19.3. The van der Waals surface area contributed by atoms with Crippen molar-refractivity contribution < 1.29 is 9.53 Å². The van der Waals surface area contributed by atoms with Gasteiger partial charge in [0.1, 0.15) is 23.7 Å². The maximum Gasteiger partial charge on any atom is 0.261 e. The van der Waals surface area contributed by atoms with Crippen molar-refractivity contribution in [3.05, 3.63) is 54.4 Å². The molecule has 0 saturated carbocycles. The molecule has 2 heterocycles. The van der Waals surface area contributed by atoms with E-state index in [-0.39, 0.29) is 5.91 Å². The number of hydrogen-bond donors (Lipinski definition) is 1. The zero-order valence-corrected chi connectivity index (χ0v) is 16.0. The molecule has 144 valence electrons. The van der Waals surface area contributed by atoms with Gasteiger partial charge in [0, 0.05) is 19.2 Å². The Morgan fingerprint density at radius 3 is 2.75 bits per heavy atom. The number of ether oxygens (including phenoxy) is 1. The fourth-order valence-corrected chi connectivity index (χ4v) is 3.65. The average molecular weight is 376 g/mol. The smallest absolute Gasteiger partial charge is 0.261 e. The van der Waals surface area contributed by atoms with Gasteiger partial charge in [-0.1, -0.05) is 30.3 Å². The summed E-state index contributed by atoms with van der Waals surface area (Å²) in [7, 11) is 0. The van der Waals surface area contributed by atoms with Crippen molar-refractivity contribution in [2.45, 2.75) is 26.2 Å². The van der Waals surface area contributed by atoms with Crippen molar-refractivity contribution >= 4 is 28.3 Å². The van der Waals surface area contributed by atoms with E-state index in [1.165, 1.54) is 25.6 Å². The molecule has 2 aromatic carbocycles. The maximum atomic E-state index is 13.1. The minimum atomic E-state index is -0.233. The lowest BCUT2D eigenvalue weighted by Gasteiger charge is -2.27. The minimum Gasteiger partial charge on any atom is -0.493 e. The molecule has 0 bridgehead atoms. The van der Waals surface area contributed by atoms with E-state index >= 15 is 0 Å². The van der Waals surface area contributed by atoms with Gasteiger partial charge in [0.25, 0.3) is 5.91 Å². The van der Waals surface area contributed by atoms with Crippen LogP contribution in [0.4, 0.5) is 11.6 Å². The molecule has 1 aliphatic rings. The van der Waals surface area contributed by atoms with Crippen LogP contribution < -0.4 is 15.0 Å². The number of aromatic nitrogens is 2. The van der Waals surface area contributed by atoms with Crippen LogP contribution in [0, 0.1) is 0 Å². The van der Waals surface area contributed by atoms with Gasteiger partial charge in [-0.15, -0.1) is 0 Å². The molecule has 0 radical (unpaired) electrons. The van der Waals surface area contributed by atoms with Crippen LogP contribution in [0.25, 0.3) is 10.8 Å². The Morgan fingerprint density at radius 2 is 1.93 bits per heavy atom. The third kappa shape index (κ3) is 3.76. The average Bonchev–Trinajstić information content (AvgIpc) is 2.74. The fraction of sp³-hybridized carbons (Fsp3) is 0.318. The first-order valence-electron chi connectivity index (χ1n) is 9.79. The van der Waals surface area contributed by atoms with Crippen LogP contribution in [-0.4, -0.2) is 35.6 Å². The summed E-state index contributed by atoms with van der Waals surface area (Å²) in [6.45, 7) is 4.38. The summed E-state index contributed by atoms with van der Waals surface area (Å²) in [4.78, 5) is 24.0. The number of hydrogen-bond acceptors (Lipinski definition) is 5. The lowest BCUT2D eigenvalue weighted by Crippen LogP contribution is -2.30. The summed E-state index contributed by atoms with van der Waals surface area (Å²) in [5, 5.41) is 4.78. The highest BCUT2D eigenvalue weighted by atomic mass is 16.5. The molecule has 0 atom stereocenters. The van der Waals surface area contributed by atoms with Gasteiger partial charge < -0.3 is 15.0 Å². The number of piperidine rings is 1. The van der Waals surface area contributed by atoms with Crippen LogP contribution in [0.3, 0.4) is 0 Å². The molecule has 1 saturated heterocycles. The quantitative estimate of drug-likeness (QED) is 0.720. The molecule has 6 nitrogen and oxygen atoms in total. The topological polar surface area (TPSA) is 67.3 Å². The Kier molecular flexibility index (Phi) is 5.37. The Bertz CT molecular complexity index is 983. The van der Waals surface area contributed by atoms with Gasteiger partial charge in [-0.3, -0.25) is 4.79 Å². The molecule has 0 unspecified atom stereocenters. The van der Waals surface area contributed by atoms with Crippen LogP contribution in [0.15, 0.2) is 48.8 Å². The van der Waals surface area contributed by atoms with E-state index in [9.17, 15) is 4.79 Å². The fourth-order valence-electron chi connectivity index (χ4n) is 3.65. The molecular formula is C22H24N4O2. The van der Waals surface area contributed by atoms with Gasteiger partial charge in [-0.05, 0) is 43.0 Å². The van der Waals surface area contributed by atoms with Crippen LogP contribution in [0.1, 0.15) is 36.5 Å². The highest BCUT2D eigenvalue weighted by molar-refractivity contribution is 6.14. The SMILES string of the molecule is CCOc1ccc2ccccc2c1C(=O)Nc1cc(N2CCCCC2)ncn1. The second kappa shape index (κ2) is 8.25. The van der Waals surface area contributed by atoms with Crippen molar-refractivity contribution in [1.29, 1.82) is 0 Å². The monoisotopic (exact) mass is 376 g/mol. The summed E-state index contributed by atoms with van der Waals surface area (Å²) in [5.74, 6) is 1.69. The Labute approximate surface area is 164 Å². The van der Waals surface area contributed by atoms with E-state index in [0.29, 0.717) is 23.7 Å². The number of carbonyl (C=O) groups excluding carboxylic acids is 1. The van der Waals surface area contributed by atoms with E-state index < -0.39 is 0 Å². The molecule has 1 aliphatic heterocycles. The molecular weight excluding hydrogens is 352 g/mol. The van der Waals surface area contributed by atoms with E-state index in [0.717, 1.165) is 29.7 Å². The molecule has 1 N–H and O–H groups in total. The second-order valence-corrected chi connectivity index (χ2v) is 6.86. The number of benzene rings is 2. The Balaban J connectivity index is 1.64. The summed E-state index contributed by atoms with van der Waals surface area (Å²) < 4.78 is 5.72. The van der Waals surface area contributed by atoms with Gasteiger partial charge in [0.2, 0.25) is 0 Å². The summed E-state index contributed by atoms with van der Waals surface area (Å²) in [6, 6.07) is 13.5. The van der Waals surface area contributed by atoms with Crippen LogP contribution in [0.2, 0.25) is 0 Å². The van der Waals surface area contributed by atoms with E-state index in [4.69, 9.17) is 4.74 Å². The first-order valence-corrected chi connectivity index (χ1v) is 9.79. The summed E-state index contributed by atoms with van der Waals surface area (Å²) in [5.41, 5.74) is 0.526. The third-order valence-electron chi connectivity index (χ3n) is 4.99. The molecule has 1 amide bonds. The number of amides is 1. The van der Waals surface area contributed by atoms with Crippen molar-refractivity contribution in [2.75, 3.05) is 29.9 Å². The molecule has 1 fully saturated rings. The van der Waals surface area contributed by atoms with Gasteiger partial charge in [0.05, 0.1) is 12.2 Å². The Morgan fingerprint density at radius 1 is 1.11 bits per heavy atom. The number of carbonyl (C=O) groups is 1. The van der Waals surface area contributed by atoms with Gasteiger partial charge >= 0.3 is 0 Å². The minimum absolute atomic E-state index is 0.233. The molecule has 4 rings (SSSR count). The summed E-state index contributed by atoms with van der Waals surface area (Å²) >= 11 is 0. The number of nitrogens with one attached hydrogen (secondary N) is 1. The molecule has 0 spiro atoms. The molecule has 6 heteroatoms. The summed E-state index contributed by atoms with van der Waals surface area (Å²) in [6.07, 6.45) is 5.09. The second-order valence-electron chi connectivity index (χ2n) is 6.86. The molecule has 1 aromatic heterocycles. The number of rotatable bonds is 5. The number of fused-ring (bicyclic) bond motifs is 1. The molecule has 28 heavy (non-hydrogen) atoms. The van der Waals surface area contributed by atoms with Gasteiger partial charge in [-0.25, -0.2) is 9.97 Å². The van der Waals surface area contributed by atoms with E-state index in [1.807, 2.05) is 49.4 Å². The van der Waals surface area contributed by atoms with Crippen molar-refractivity contribution in [1.82, 2.24) is 9.97 Å². The van der Waals surface area contributed by atoms with Crippen molar-refractivity contribution in [2.24, 2.45) is 0 Å².